The lowest BCUT2D eigenvalue weighted by Gasteiger charge is -2.38. The number of nitrogens with one attached hydrogen (secondary N) is 2. The van der Waals surface area contributed by atoms with Gasteiger partial charge in [0.15, 0.2) is 10.8 Å². The van der Waals surface area contributed by atoms with E-state index in [9.17, 15) is 29.1 Å². The maximum absolute atomic E-state index is 13.6. The quantitative estimate of drug-likeness (QED) is 0.0808. The molecule has 11 rings (SSSR count). The number of hydrogen-bond acceptors (Lipinski definition) is 14. The van der Waals surface area contributed by atoms with Crippen molar-refractivity contribution in [1.29, 1.82) is 0 Å². The molecule has 0 aliphatic carbocycles. The summed E-state index contributed by atoms with van der Waals surface area (Å²) in [7, 11) is 1.88. The molecule has 3 saturated heterocycles. The van der Waals surface area contributed by atoms with Gasteiger partial charge in [-0.05, 0) is 109 Å². The van der Waals surface area contributed by atoms with E-state index in [2.05, 4.69) is 47.5 Å². The number of thiazole rings is 1. The number of carboxylic acids is 1. The Bertz CT molecular complexity index is 3330. The number of benzene rings is 4. The minimum absolute atomic E-state index is 0.0398. The van der Waals surface area contributed by atoms with Crippen LogP contribution >= 0.6 is 11.3 Å². The number of para-hydroxylation sites is 1. The van der Waals surface area contributed by atoms with Crippen LogP contribution < -0.4 is 25.2 Å². The lowest BCUT2D eigenvalue weighted by molar-refractivity contribution is -0.135. The van der Waals surface area contributed by atoms with Gasteiger partial charge in [-0.25, -0.2) is 14.8 Å². The van der Waals surface area contributed by atoms with Crippen LogP contribution in [0.2, 0.25) is 0 Å². The Labute approximate surface area is 437 Å². The third kappa shape index (κ3) is 10.5. The Hall–Kier alpha value is -7.74. The molecule has 0 saturated carbocycles. The Morgan fingerprint density at radius 1 is 0.827 bits per heavy atom. The highest BCUT2D eigenvalue weighted by atomic mass is 32.1. The van der Waals surface area contributed by atoms with Crippen LogP contribution in [0.15, 0.2) is 91.0 Å². The largest absolute Gasteiger partial charge is 0.494 e. The van der Waals surface area contributed by atoms with E-state index in [0.29, 0.717) is 92.1 Å². The Morgan fingerprint density at radius 2 is 1.63 bits per heavy atom. The third-order valence-corrected chi connectivity index (χ3v) is 16.0. The van der Waals surface area contributed by atoms with Crippen LogP contribution in [0.3, 0.4) is 0 Å². The Balaban J connectivity index is 0.626. The molecule has 4 aromatic carbocycles. The number of carboxylic acid groups (broad SMARTS) is 1. The number of carbonyl (C=O) groups is 5. The number of fused-ring (bicyclic) bond motifs is 3. The van der Waals surface area contributed by atoms with Crippen LogP contribution in [0.5, 0.6) is 5.75 Å². The van der Waals surface area contributed by atoms with E-state index in [4.69, 9.17) is 9.72 Å². The van der Waals surface area contributed by atoms with E-state index in [1.165, 1.54) is 11.3 Å². The second-order valence-corrected chi connectivity index (χ2v) is 20.8. The molecule has 0 radical (unpaired) electrons. The van der Waals surface area contributed by atoms with Crippen molar-refractivity contribution in [3.05, 3.63) is 125 Å². The predicted molar refractivity (Wildman–Crippen MR) is 288 cm³/mol. The molecule has 1 atom stereocenters. The van der Waals surface area contributed by atoms with Crippen LogP contribution in [0.4, 0.5) is 16.6 Å². The van der Waals surface area contributed by atoms with E-state index in [0.717, 1.165) is 101 Å². The van der Waals surface area contributed by atoms with Crippen molar-refractivity contribution in [2.45, 2.75) is 45.1 Å². The van der Waals surface area contributed by atoms with E-state index in [1.54, 1.807) is 4.68 Å². The van der Waals surface area contributed by atoms with Crippen LogP contribution in [-0.4, -0.2) is 148 Å². The summed E-state index contributed by atoms with van der Waals surface area (Å²) in [5, 5.41) is 22.0. The lowest BCUT2D eigenvalue weighted by atomic mass is 9.93. The number of pyridine rings is 1. The normalized spacial score (nSPS) is 17.6. The van der Waals surface area contributed by atoms with Crippen LogP contribution in [0.25, 0.3) is 32.2 Å². The molecule has 4 aliphatic rings. The molecule has 4 aliphatic heterocycles. The fourth-order valence-corrected chi connectivity index (χ4v) is 11.8. The standard InChI is InChI=1S/C56H59N11O7S/c1-35-31-38(12-14-39(35)40-15-17-48(58-52(40)55(72)73)67-21-19-36-7-5-8-41(44(36)33-67)53(70)60-56-57-45-9-3-4-10-47(45)75-56)74-30-6-20-63-22-24-64(25-23-63)34-50(69)66-28-26-65(27-29-66)37-11-13-42-46(32-37)62(2)61-51(42)43-16-18-49(68)59-54(43)71/h3-5,7-15,17,31-32,43H,6,16,18-30,33-34H2,1-2H3,(H,72,73)(H,57,60,70)(H,59,68,71). The molecular formula is C56H59N11O7S. The van der Waals surface area contributed by atoms with Gasteiger partial charge in [0.2, 0.25) is 17.7 Å². The van der Waals surface area contributed by atoms with Gasteiger partial charge in [-0.3, -0.25) is 39.4 Å². The molecule has 75 heavy (non-hydrogen) atoms. The minimum Gasteiger partial charge on any atom is -0.494 e. The minimum atomic E-state index is -1.12. The first-order chi connectivity index (χ1) is 36.4. The number of anilines is 3. The molecular weight excluding hydrogens is 971 g/mol. The number of hydrogen-bond donors (Lipinski definition) is 3. The summed E-state index contributed by atoms with van der Waals surface area (Å²) >= 11 is 1.43. The first-order valence-corrected chi connectivity index (χ1v) is 26.5. The third-order valence-electron chi connectivity index (χ3n) is 15.1. The van der Waals surface area contributed by atoms with Gasteiger partial charge in [-0.15, -0.1) is 0 Å². The average molecular weight is 1030 g/mol. The average Bonchev–Trinajstić information content (AvgIpc) is 3.99. The summed E-state index contributed by atoms with van der Waals surface area (Å²) in [4.78, 5) is 84.4. The van der Waals surface area contributed by atoms with Gasteiger partial charge < -0.3 is 29.4 Å². The van der Waals surface area contributed by atoms with Crippen molar-refractivity contribution in [2.24, 2.45) is 7.05 Å². The van der Waals surface area contributed by atoms with E-state index < -0.39 is 11.9 Å². The van der Waals surface area contributed by atoms with E-state index >= 15 is 0 Å². The monoisotopic (exact) mass is 1030 g/mol. The molecule has 3 N–H and O–H groups in total. The molecule has 7 aromatic rings. The maximum atomic E-state index is 13.6. The number of piperazine rings is 2. The van der Waals surface area contributed by atoms with Gasteiger partial charge in [0.05, 0.1) is 40.5 Å². The summed E-state index contributed by atoms with van der Waals surface area (Å²) in [5.41, 5.74) is 8.15. The van der Waals surface area contributed by atoms with Crippen molar-refractivity contribution in [1.82, 2.24) is 39.8 Å². The lowest BCUT2D eigenvalue weighted by Crippen LogP contribution is -2.54. The fourth-order valence-electron chi connectivity index (χ4n) is 10.9. The van der Waals surface area contributed by atoms with Crippen molar-refractivity contribution >= 4 is 78.7 Å². The van der Waals surface area contributed by atoms with Crippen LogP contribution in [0, 0.1) is 6.92 Å². The molecule has 0 bridgehead atoms. The van der Waals surface area contributed by atoms with Crippen molar-refractivity contribution in [2.75, 3.05) is 93.7 Å². The zero-order valence-corrected chi connectivity index (χ0v) is 42.9. The summed E-state index contributed by atoms with van der Waals surface area (Å²) in [6, 6.07) is 29.1. The van der Waals surface area contributed by atoms with E-state index in [-0.39, 0.29) is 29.3 Å². The fraction of sp³-hybridized carbons (Fsp3) is 0.357. The molecule has 3 fully saturated rings. The second-order valence-electron chi connectivity index (χ2n) is 19.8. The number of imide groups is 1. The topological polar surface area (TPSA) is 199 Å². The van der Waals surface area contributed by atoms with Crippen molar-refractivity contribution in [3.8, 4) is 16.9 Å². The predicted octanol–water partition coefficient (Wildman–Crippen LogP) is 6.32. The number of ether oxygens (including phenoxy) is 1. The zero-order valence-electron chi connectivity index (χ0n) is 42.1. The molecule has 7 heterocycles. The molecule has 386 valence electrons. The zero-order chi connectivity index (χ0) is 51.7. The number of aromatic nitrogens is 4. The first-order valence-electron chi connectivity index (χ1n) is 25.7. The van der Waals surface area contributed by atoms with Crippen molar-refractivity contribution in [3.63, 3.8) is 0 Å². The summed E-state index contributed by atoms with van der Waals surface area (Å²) < 4.78 is 8.99. The van der Waals surface area contributed by atoms with Crippen LogP contribution in [-0.2, 0) is 34.4 Å². The highest BCUT2D eigenvalue weighted by Crippen LogP contribution is 2.35. The van der Waals surface area contributed by atoms with Gasteiger partial charge in [0.25, 0.3) is 5.91 Å². The molecule has 0 spiro atoms. The van der Waals surface area contributed by atoms with Gasteiger partial charge in [0, 0.05) is 108 Å². The van der Waals surface area contributed by atoms with Gasteiger partial charge in [0.1, 0.15) is 11.6 Å². The first kappa shape index (κ1) is 49.5. The SMILES string of the molecule is Cc1cc(OCCCN2CCN(CC(=O)N3CCN(c4ccc5c(C6CCC(=O)NC6=O)nn(C)c5c4)CC3)CC2)ccc1-c1ccc(N2CCc3cccc(C(=O)Nc4nc5ccccc5s4)c3C2)nc1C(=O)O. The van der Waals surface area contributed by atoms with E-state index in [1.807, 2.05) is 103 Å². The summed E-state index contributed by atoms with van der Waals surface area (Å²) in [6.07, 6.45) is 2.28. The van der Waals surface area contributed by atoms with Gasteiger partial charge in [-0.2, -0.15) is 5.10 Å². The molecule has 1 unspecified atom stereocenters. The number of amides is 4. The highest BCUT2D eigenvalue weighted by molar-refractivity contribution is 7.22. The summed E-state index contributed by atoms with van der Waals surface area (Å²) in [5.74, 6) is -0.932. The molecule has 19 heteroatoms. The smallest absolute Gasteiger partial charge is 0.355 e. The Morgan fingerprint density at radius 3 is 2.41 bits per heavy atom. The molecule has 4 amide bonds. The second kappa shape index (κ2) is 21.2. The number of piperidine rings is 1. The molecule has 3 aromatic heterocycles. The number of nitrogens with zero attached hydrogens (tertiary/aromatic N) is 9. The van der Waals surface area contributed by atoms with Gasteiger partial charge in [-0.1, -0.05) is 41.7 Å². The van der Waals surface area contributed by atoms with Crippen LogP contribution in [0.1, 0.15) is 68.4 Å². The number of aromatic carboxylic acids is 1. The number of rotatable bonds is 14. The van der Waals surface area contributed by atoms with Gasteiger partial charge >= 0.3 is 5.97 Å². The maximum Gasteiger partial charge on any atom is 0.355 e. The number of aryl methyl sites for hydroxylation is 2. The number of carbonyl (C=O) groups excluding carboxylic acids is 4. The Kier molecular flexibility index (Phi) is 14.0. The highest BCUT2D eigenvalue weighted by Gasteiger charge is 2.33. The van der Waals surface area contributed by atoms with Crippen molar-refractivity contribution < 1.29 is 33.8 Å². The molecule has 18 nitrogen and oxygen atoms in total. The summed E-state index contributed by atoms with van der Waals surface area (Å²) in [6.45, 7) is 10.9.